The number of carbonyl (C=O) groups is 1. The summed E-state index contributed by atoms with van der Waals surface area (Å²) in [6.07, 6.45) is 2.81. The van der Waals surface area contributed by atoms with E-state index in [1.54, 1.807) is 20.8 Å². The zero-order valence-corrected chi connectivity index (χ0v) is 29.4. The highest BCUT2D eigenvalue weighted by molar-refractivity contribution is 7.92. The summed E-state index contributed by atoms with van der Waals surface area (Å²) >= 11 is 0. The van der Waals surface area contributed by atoms with Gasteiger partial charge in [0.1, 0.15) is 17.1 Å². The standard InChI is InChI=1S/C33H45FN6O7S/c1-32(2,3)47-31(41)40(48(7,43)44)26-17-21(19-35-29(26)45-6)27-25-18-24(34)16-22(20-38-10-8-23(9-11-38)33(4,5)42)28(25)37-30(36-27)39-12-14-46-15-13-39/h16-19,23,42H,8-15,20H2,1-7H3. The summed E-state index contributed by atoms with van der Waals surface area (Å²) in [5, 5.41) is 10.9. The van der Waals surface area contributed by atoms with E-state index in [9.17, 15) is 18.3 Å². The van der Waals surface area contributed by atoms with E-state index in [-0.39, 0.29) is 17.5 Å². The zero-order chi connectivity index (χ0) is 35.0. The molecule has 13 nitrogen and oxygen atoms in total. The van der Waals surface area contributed by atoms with E-state index in [1.165, 1.54) is 31.5 Å². The van der Waals surface area contributed by atoms with Gasteiger partial charge in [0.25, 0.3) is 0 Å². The van der Waals surface area contributed by atoms with Gasteiger partial charge in [-0.1, -0.05) is 0 Å². The lowest BCUT2D eigenvalue weighted by molar-refractivity contribution is -0.0135. The molecule has 0 unspecified atom stereocenters. The van der Waals surface area contributed by atoms with Crippen LogP contribution in [0.15, 0.2) is 24.4 Å². The van der Waals surface area contributed by atoms with Gasteiger partial charge in [-0.2, -0.15) is 4.31 Å². The first-order valence-electron chi connectivity index (χ1n) is 16.0. The second kappa shape index (κ2) is 13.7. The topological polar surface area (TPSA) is 148 Å². The summed E-state index contributed by atoms with van der Waals surface area (Å²) in [7, 11) is -2.92. The average Bonchev–Trinajstić information content (AvgIpc) is 2.99. The smallest absolute Gasteiger partial charge is 0.429 e. The van der Waals surface area contributed by atoms with Gasteiger partial charge in [0.15, 0.2) is 0 Å². The molecule has 48 heavy (non-hydrogen) atoms. The molecule has 0 atom stereocenters. The van der Waals surface area contributed by atoms with Crippen LogP contribution in [0, 0.1) is 11.7 Å². The van der Waals surface area contributed by atoms with E-state index in [4.69, 9.17) is 24.2 Å². The van der Waals surface area contributed by atoms with Crippen molar-refractivity contribution in [3.63, 3.8) is 0 Å². The molecule has 0 radical (unpaired) electrons. The van der Waals surface area contributed by atoms with Crippen LogP contribution >= 0.6 is 0 Å². The molecule has 2 aliphatic heterocycles. The molecule has 0 bridgehead atoms. The number of methoxy groups -OCH3 is 1. The number of pyridine rings is 1. The van der Waals surface area contributed by atoms with Crippen molar-refractivity contribution in [1.29, 1.82) is 0 Å². The van der Waals surface area contributed by atoms with Crippen molar-refractivity contribution in [2.24, 2.45) is 5.92 Å². The highest BCUT2D eigenvalue weighted by atomic mass is 32.2. The van der Waals surface area contributed by atoms with Crippen molar-refractivity contribution in [2.75, 3.05) is 62.0 Å². The molecule has 5 rings (SSSR count). The number of morpholine rings is 1. The van der Waals surface area contributed by atoms with Crippen LogP contribution in [-0.4, -0.2) is 103 Å². The predicted octanol–water partition coefficient (Wildman–Crippen LogP) is 4.36. The van der Waals surface area contributed by atoms with Gasteiger partial charge in [-0.15, -0.1) is 0 Å². The van der Waals surface area contributed by atoms with Crippen molar-refractivity contribution in [2.45, 2.75) is 65.2 Å². The van der Waals surface area contributed by atoms with E-state index in [2.05, 4.69) is 9.88 Å². The summed E-state index contributed by atoms with van der Waals surface area (Å²) < 4.78 is 58.4. The number of piperidine rings is 1. The molecule has 4 heterocycles. The maximum atomic E-state index is 15.4. The van der Waals surface area contributed by atoms with Crippen molar-refractivity contribution < 1.29 is 36.9 Å². The second-order valence-electron chi connectivity index (χ2n) is 13.9. The number of hydrogen-bond donors (Lipinski definition) is 1. The van der Waals surface area contributed by atoms with Crippen molar-refractivity contribution in [3.8, 4) is 17.1 Å². The number of aliphatic hydroxyl groups is 1. The van der Waals surface area contributed by atoms with Crippen LogP contribution in [0.5, 0.6) is 5.88 Å². The molecule has 1 aromatic carbocycles. The first-order valence-corrected chi connectivity index (χ1v) is 17.8. The molecule has 0 saturated carbocycles. The number of ether oxygens (including phenoxy) is 3. The monoisotopic (exact) mass is 688 g/mol. The third kappa shape index (κ3) is 8.13. The number of likely N-dealkylation sites (tertiary alicyclic amines) is 1. The molecular formula is C33H45FN6O7S. The quantitative estimate of drug-likeness (QED) is 0.359. The number of carbonyl (C=O) groups excluding carboxylic acids is 1. The fraction of sp³-hybridized carbons (Fsp3) is 0.576. The average molecular weight is 689 g/mol. The lowest BCUT2D eigenvalue weighted by atomic mass is 9.83. The van der Waals surface area contributed by atoms with Gasteiger partial charge in [-0.3, -0.25) is 4.90 Å². The number of fused-ring (bicyclic) bond motifs is 1. The largest absolute Gasteiger partial charge is 0.479 e. The van der Waals surface area contributed by atoms with Crippen LogP contribution in [0.3, 0.4) is 0 Å². The third-order valence-electron chi connectivity index (χ3n) is 8.52. The van der Waals surface area contributed by atoms with Gasteiger partial charge >= 0.3 is 6.09 Å². The molecule has 0 spiro atoms. The number of nitrogens with zero attached hydrogens (tertiary/aromatic N) is 6. The van der Waals surface area contributed by atoms with Gasteiger partial charge in [0.05, 0.1) is 43.4 Å². The van der Waals surface area contributed by atoms with E-state index in [0.29, 0.717) is 70.8 Å². The maximum Gasteiger partial charge on any atom is 0.429 e. The molecule has 1 amide bonds. The zero-order valence-electron chi connectivity index (χ0n) is 28.6. The first kappa shape index (κ1) is 35.6. The van der Waals surface area contributed by atoms with Crippen molar-refractivity contribution in [1.82, 2.24) is 19.9 Å². The summed E-state index contributed by atoms with van der Waals surface area (Å²) in [6, 6.07) is 4.26. The lowest BCUT2D eigenvalue weighted by Crippen LogP contribution is -2.41. The van der Waals surface area contributed by atoms with Gasteiger partial charge in [-0.25, -0.2) is 32.6 Å². The SMILES string of the molecule is COc1ncc(-c2nc(N3CCOCC3)nc3c(CN4CCC(C(C)(C)O)CC4)cc(F)cc23)cc1N(C(=O)OC(C)(C)C)S(C)(=O)=O. The van der Waals surface area contributed by atoms with Crippen LogP contribution < -0.4 is 13.9 Å². The highest BCUT2D eigenvalue weighted by Gasteiger charge is 2.34. The number of halogens is 1. The minimum atomic E-state index is -4.23. The van der Waals surface area contributed by atoms with Gasteiger partial charge in [0, 0.05) is 36.8 Å². The van der Waals surface area contributed by atoms with Crippen LogP contribution in [0.2, 0.25) is 0 Å². The Labute approximate surface area is 281 Å². The Bertz CT molecular complexity index is 1760. The van der Waals surface area contributed by atoms with E-state index in [0.717, 1.165) is 32.2 Å². The molecule has 3 aromatic rings. The van der Waals surface area contributed by atoms with Gasteiger partial charge < -0.3 is 24.2 Å². The summed E-state index contributed by atoms with van der Waals surface area (Å²) in [4.78, 5) is 31.6. The molecule has 0 aliphatic carbocycles. The fourth-order valence-corrected chi connectivity index (χ4v) is 6.92. The number of aromatic nitrogens is 3. The highest BCUT2D eigenvalue weighted by Crippen LogP contribution is 2.38. The molecule has 1 N–H and O–H groups in total. The van der Waals surface area contributed by atoms with Crippen LogP contribution in [0.25, 0.3) is 22.2 Å². The van der Waals surface area contributed by atoms with Crippen LogP contribution in [0.4, 0.5) is 20.8 Å². The Balaban J connectivity index is 1.66. The normalized spacial score (nSPS) is 17.1. The molecular weight excluding hydrogens is 643 g/mol. The van der Waals surface area contributed by atoms with Crippen molar-refractivity contribution in [3.05, 3.63) is 35.8 Å². The van der Waals surface area contributed by atoms with Gasteiger partial charge in [-0.05, 0) is 90.2 Å². The third-order valence-corrected chi connectivity index (χ3v) is 9.52. The van der Waals surface area contributed by atoms with Crippen LogP contribution in [0.1, 0.15) is 53.0 Å². The first-order chi connectivity index (χ1) is 22.4. The number of amides is 1. The second-order valence-corrected chi connectivity index (χ2v) is 15.7. The molecule has 15 heteroatoms. The van der Waals surface area contributed by atoms with Crippen LogP contribution in [-0.2, 0) is 26.0 Å². The predicted molar refractivity (Wildman–Crippen MR) is 180 cm³/mol. The minimum Gasteiger partial charge on any atom is -0.479 e. The van der Waals surface area contributed by atoms with Crippen molar-refractivity contribution >= 4 is 38.7 Å². The summed E-state index contributed by atoms with van der Waals surface area (Å²) in [6.45, 7) is 12.5. The summed E-state index contributed by atoms with van der Waals surface area (Å²) in [5.74, 6) is -0.0492. The maximum absolute atomic E-state index is 15.4. The Morgan fingerprint density at radius 2 is 1.75 bits per heavy atom. The van der Waals surface area contributed by atoms with E-state index in [1.807, 2.05) is 18.7 Å². The fourth-order valence-electron chi connectivity index (χ4n) is 6.13. The number of rotatable bonds is 8. The molecule has 2 aliphatic rings. The Morgan fingerprint density at radius 3 is 2.33 bits per heavy atom. The summed E-state index contributed by atoms with van der Waals surface area (Å²) in [5.41, 5.74) is -0.128. The Hall–Kier alpha value is -3.66. The Morgan fingerprint density at radius 1 is 1.08 bits per heavy atom. The molecule has 2 fully saturated rings. The number of sulfonamides is 1. The number of anilines is 2. The number of hydrogen-bond acceptors (Lipinski definition) is 12. The van der Waals surface area contributed by atoms with Gasteiger partial charge in [0.2, 0.25) is 21.9 Å². The van der Waals surface area contributed by atoms with E-state index < -0.39 is 33.1 Å². The Kier molecular flexibility index (Phi) is 10.2. The molecule has 262 valence electrons. The molecule has 2 aromatic heterocycles. The number of benzene rings is 1. The molecule has 2 saturated heterocycles. The van der Waals surface area contributed by atoms with E-state index >= 15 is 4.39 Å². The lowest BCUT2D eigenvalue weighted by Gasteiger charge is -2.37. The minimum absolute atomic E-state index is 0.136.